The molecule has 0 bridgehead atoms. The molecule has 2 unspecified atom stereocenters. The van der Waals surface area contributed by atoms with Crippen molar-refractivity contribution in [2.24, 2.45) is 10.9 Å². The van der Waals surface area contributed by atoms with Crippen LogP contribution in [0.4, 0.5) is 4.79 Å². The number of carbonyl (C=O) groups excluding carboxylic acids is 1. The lowest BCUT2D eigenvalue weighted by atomic mass is 9.98. The molecule has 2 heterocycles. The maximum atomic E-state index is 12.3. The summed E-state index contributed by atoms with van der Waals surface area (Å²) < 4.78 is 11.3. The van der Waals surface area contributed by atoms with Gasteiger partial charge in [-0.2, -0.15) is 0 Å². The number of guanidine groups is 1. The number of piperidine rings is 1. The Morgan fingerprint density at radius 3 is 2.73 bits per heavy atom. The van der Waals surface area contributed by atoms with Crippen LogP contribution in [0.3, 0.4) is 0 Å². The molecule has 0 aromatic heterocycles. The molecule has 0 spiro atoms. The highest BCUT2D eigenvalue weighted by Gasteiger charge is 2.30. The topological polar surface area (TPSA) is 75.2 Å². The highest BCUT2D eigenvalue weighted by Crippen LogP contribution is 2.24. The fourth-order valence-electron chi connectivity index (χ4n) is 3.43. The molecule has 1 amide bonds. The Hall–Kier alpha value is -1.50. The number of rotatable bonds is 4. The fraction of sp³-hybridized carbons (Fsp3) is 0.895. The Morgan fingerprint density at radius 2 is 2.12 bits per heavy atom. The first-order valence-corrected chi connectivity index (χ1v) is 9.77. The number of ether oxygens (including phenoxy) is 2. The van der Waals surface area contributed by atoms with Crippen LogP contribution in [0, 0.1) is 5.92 Å². The summed E-state index contributed by atoms with van der Waals surface area (Å²) in [5, 5.41) is 6.76. The van der Waals surface area contributed by atoms with E-state index in [1.165, 1.54) is 0 Å². The van der Waals surface area contributed by atoms with E-state index in [0.717, 1.165) is 64.4 Å². The normalized spacial score (nSPS) is 27.3. The monoisotopic (exact) mass is 368 g/mol. The number of amides is 1. The van der Waals surface area contributed by atoms with Crippen molar-refractivity contribution < 1.29 is 14.3 Å². The van der Waals surface area contributed by atoms with Gasteiger partial charge in [0.05, 0.1) is 5.60 Å². The van der Waals surface area contributed by atoms with Crippen molar-refractivity contribution in [3.05, 3.63) is 0 Å². The van der Waals surface area contributed by atoms with E-state index < -0.39 is 5.60 Å². The van der Waals surface area contributed by atoms with Crippen LogP contribution in [0.25, 0.3) is 0 Å². The van der Waals surface area contributed by atoms with E-state index in [0.29, 0.717) is 5.92 Å². The smallest absolute Gasteiger partial charge is 0.410 e. The van der Waals surface area contributed by atoms with Gasteiger partial charge in [0.2, 0.25) is 0 Å². The van der Waals surface area contributed by atoms with Crippen LogP contribution in [-0.4, -0.2) is 68.0 Å². The molecular formula is C19H36N4O3. The lowest BCUT2D eigenvalue weighted by molar-refractivity contribution is 0.0167. The molecule has 2 rings (SSSR count). The zero-order valence-electron chi connectivity index (χ0n) is 17.1. The maximum Gasteiger partial charge on any atom is 0.410 e. The highest BCUT2D eigenvalue weighted by molar-refractivity contribution is 5.79. The lowest BCUT2D eigenvalue weighted by Gasteiger charge is -2.34. The summed E-state index contributed by atoms with van der Waals surface area (Å²) in [5.74, 6) is 1.18. The van der Waals surface area contributed by atoms with Gasteiger partial charge >= 0.3 is 6.09 Å². The highest BCUT2D eigenvalue weighted by atomic mass is 16.6. The summed E-state index contributed by atoms with van der Waals surface area (Å²) in [4.78, 5) is 18.4. The van der Waals surface area contributed by atoms with Crippen LogP contribution in [-0.2, 0) is 9.47 Å². The molecule has 0 aromatic rings. The number of carbonyl (C=O) groups is 1. The zero-order chi connectivity index (χ0) is 19.2. The number of nitrogens with zero attached hydrogens (tertiary/aromatic N) is 2. The average Bonchev–Trinajstić information content (AvgIpc) is 3.01. The number of aliphatic imine (C=N–C) groups is 1. The quantitative estimate of drug-likeness (QED) is 0.589. The van der Waals surface area contributed by atoms with Gasteiger partial charge in [-0.1, -0.05) is 0 Å². The molecule has 150 valence electrons. The van der Waals surface area contributed by atoms with E-state index >= 15 is 0 Å². The van der Waals surface area contributed by atoms with Gasteiger partial charge in [-0.15, -0.1) is 0 Å². The Morgan fingerprint density at radius 1 is 1.35 bits per heavy atom. The molecular weight excluding hydrogens is 332 g/mol. The summed E-state index contributed by atoms with van der Waals surface area (Å²) >= 11 is 0. The van der Waals surface area contributed by atoms with Crippen molar-refractivity contribution in [1.29, 1.82) is 0 Å². The third kappa shape index (κ3) is 6.67. The molecule has 0 saturated carbocycles. The number of nitrogens with one attached hydrogen (secondary N) is 2. The lowest BCUT2D eigenvalue weighted by Crippen LogP contribution is -2.49. The summed E-state index contributed by atoms with van der Waals surface area (Å²) in [6.45, 7) is 11.7. The molecule has 0 aromatic carbocycles. The van der Waals surface area contributed by atoms with Crippen LogP contribution in [0.2, 0.25) is 0 Å². The predicted molar refractivity (Wildman–Crippen MR) is 103 cm³/mol. The summed E-state index contributed by atoms with van der Waals surface area (Å²) in [6, 6.07) is 0. The van der Waals surface area contributed by atoms with Crippen LogP contribution >= 0.6 is 0 Å². The van der Waals surface area contributed by atoms with E-state index in [9.17, 15) is 4.79 Å². The summed E-state index contributed by atoms with van der Waals surface area (Å²) in [7, 11) is 1.78. The summed E-state index contributed by atoms with van der Waals surface area (Å²) in [5.41, 5.74) is -0.553. The third-order valence-corrected chi connectivity index (χ3v) is 4.88. The number of hydrogen-bond donors (Lipinski definition) is 2. The second-order valence-corrected chi connectivity index (χ2v) is 8.64. The fourth-order valence-corrected chi connectivity index (χ4v) is 3.43. The van der Waals surface area contributed by atoms with Gasteiger partial charge in [-0.25, -0.2) is 4.79 Å². The Bertz CT molecular complexity index is 496. The second-order valence-electron chi connectivity index (χ2n) is 8.64. The van der Waals surface area contributed by atoms with Gasteiger partial charge in [0.25, 0.3) is 0 Å². The van der Waals surface area contributed by atoms with E-state index in [-0.39, 0.29) is 11.7 Å². The summed E-state index contributed by atoms with van der Waals surface area (Å²) in [6.07, 6.45) is 4.08. The average molecular weight is 369 g/mol. The molecule has 7 heteroatoms. The molecule has 26 heavy (non-hydrogen) atoms. The first kappa shape index (κ1) is 20.8. The second kappa shape index (κ2) is 8.93. The van der Waals surface area contributed by atoms with Crippen LogP contribution < -0.4 is 10.6 Å². The predicted octanol–water partition coefficient (Wildman–Crippen LogP) is 2.37. The van der Waals surface area contributed by atoms with Gasteiger partial charge in [-0.3, -0.25) is 4.99 Å². The van der Waals surface area contributed by atoms with E-state index in [1.807, 2.05) is 25.7 Å². The van der Waals surface area contributed by atoms with E-state index in [1.54, 1.807) is 7.05 Å². The van der Waals surface area contributed by atoms with Crippen LogP contribution in [0.15, 0.2) is 4.99 Å². The van der Waals surface area contributed by atoms with Gasteiger partial charge in [-0.05, 0) is 59.3 Å². The standard InChI is InChI=1S/C19H36N4O3/c1-18(2,3)26-17(24)23-10-6-8-15(13-23)12-21-16(20-5)22-14-19(4)9-7-11-25-19/h15H,6-14H2,1-5H3,(H2,20,21,22). The van der Waals surface area contributed by atoms with Gasteiger partial charge in [0, 0.05) is 39.8 Å². The van der Waals surface area contributed by atoms with Crippen molar-refractivity contribution in [1.82, 2.24) is 15.5 Å². The third-order valence-electron chi connectivity index (χ3n) is 4.88. The molecule has 2 fully saturated rings. The van der Waals surface area contributed by atoms with Gasteiger partial charge in [0.15, 0.2) is 5.96 Å². The molecule has 0 radical (unpaired) electrons. The zero-order valence-corrected chi connectivity index (χ0v) is 17.1. The number of likely N-dealkylation sites (tertiary alicyclic amines) is 1. The molecule has 2 atom stereocenters. The molecule has 2 saturated heterocycles. The first-order valence-electron chi connectivity index (χ1n) is 9.77. The Balaban J connectivity index is 1.75. The minimum absolute atomic E-state index is 0.101. The minimum atomic E-state index is -0.452. The molecule has 2 N–H and O–H groups in total. The maximum absolute atomic E-state index is 12.3. The van der Waals surface area contributed by atoms with Gasteiger partial charge < -0.3 is 25.0 Å². The van der Waals surface area contributed by atoms with Gasteiger partial charge in [0.1, 0.15) is 5.60 Å². The van der Waals surface area contributed by atoms with Crippen LogP contribution in [0.5, 0.6) is 0 Å². The number of hydrogen-bond acceptors (Lipinski definition) is 4. The van der Waals surface area contributed by atoms with Crippen molar-refractivity contribution in [2.45, 2.75) is 64.6 Å². The van der Waals surface area contributed by atoms with E-state index in [2.05, 4.69) is 22.5 Å². The van der Waals surface area contributed by atoms with Crippen molar-refractivity contribution in [3.8, 4) is 0 Å². The van der Waals surface area contributed by atoms with Crippen molar-refractivity contribution >= 4 is 12.1 Å². The van der Waals surface area contributed by atoms with Crippen molar-refractivity contribution in [2.75, 3.05) is 39.8 Å². The Labute approximate surface area is 157 Å². The first-order chi connectivity index (χ1) is 12.2. The minimum Gasteiger partial charge on any atom is -0.444 e. The van der Waals surface area contributed by atoms with Crippen molar-refractivity contribution in [3.63, 3.8) is 0 Å². The largest absolute Gasteiger partial charge is 0.444 e. The molecule has 2 aliphatic rings. The Kier molecular flexibility index (Phi) is 7.15. The molecule has 0 aliphatic carbocycles. The van der Waals surface area contributed by atoms with Crippen LogP contribution in [0.1, 0.15) is 53.4 Å². The van der Waals surface area contributed by atoms with E-state index in [4.69, 9.17) is 9.47 Å². The SMILES string of the molecule is CN=C(NCC1CCCN(C(=O)OC(C)(C)C)C1)NCC1(C)CCCO1. The molecule has 2 aliphatic heterocycles. The molecule has 7 nitrogen and oxygen atoms in total.